The van der Waals surface area contributed by atoms with Crippen molar-refractivity contribution in [3.8, 4) is 0 Å². The summed E-state index contributed by atoms with van der Waals surface area (Å²) in [6, 6.07) is 3.95. The average molecular weight is 249 g/mol. The van der Waals surface area contributed by atoms with E-state index in [0.717, 1.165) is 15.1 Å². The molecule has 3 heteroatoms. The first-order chi connectivity index (χ1) is 5.59. The van der Waals surface area contributed by atoms with Gasteiger partial charge in [0.2, 0.25) is 0 Å². The Bertz CT molecular complexity index is 244. The molecule has 0 amide bonds. The Morgan fingerprint density at radius 3 is 2.58 bits per heavy atom. The largest absolute Gasteiger partial charge is 0.388 e. The highest BCUT2D eigenvalue weighted by Gasteiger charge is 2.11. The molecule has 1 nitrogen and oxygen atoms in total. The number of hydrogen-bond donors (Lipinski definition) is 1. The molecule has 68 valence electrons. The van der Waals surface area contributed by atoms with Crippen LogP contribution in [0, 0.1) is 5.92 Å². The summed E-state index contributed by atoms with van der Waals surface area (Å²) in [5.41, 5.74) is 0. The number of hydrogen-bond acceptors (Lipinski definition) is 2. The smallest absolute Gasteiger partial charge is 0.0884 e. The lowest BCUT2D eigenvalue weighted by Crippen LogP contribution is -1.99. The molecular formula is C9H13BrOS. The molecule has 0 radical (unpaired) electrons. The zero-order chi connectivity index (χ0) is 9.14. The fourth-order valence-corrected chi connectivity index (χ4v) is 2.49. The van der Waals surface area contributed by atoms with Crippen LogP contribution in [0.1, 0.15) is 31.2 Å². The SMILES string of the molecule is CC(C)CC(O)c1ccc(Br)s1. The molecule has 1 aromatic rings. The van der Waals surface area contributed by atoms with Crippen LogP contribution in [0.3, 0.4) is 0 Å². The summed E-state index contributed by atoms with van der Waals surface area (Å²) in [4.78, 5) is 1.05. The van der Waals surface area contributed by atoms with E-state index in [1.165, 1.54) is 0 Å². The van der Waals surface area contributed by atoms with Gasteiger partial charge >= 0.3 is 0 Å². The number of rotatable bonds is 3. The molecule has 0 aliphatic carbocycles. The normalized spacial score (nSPS) is 13.8. The van der Waals surface area contributed by atoms with Crippen molar-refractivity contribution in [2.45, 2.75) is 26.4 Å². The third kappa shape index (κ3) is 2.88. The first-order valence-corrected chi connectivity index (χ1v) is 5.64. The first kappa shape index (κ1) is 10.2. The Balaban J connectivity index is 2.58. The highest BCUT2D eigenvalue weighted by molar-refractivity contribution is 9.11. The summed E-state index contributed by atoms with van der Waals surface area (Å²) in [6.45, 7) is 4.23. The van der Waals surface area contributed by atoms with Crippen molar-refractivity contribution in [2.75, 3.05) is 0 Å². The molecule has 0 saturated heterocycles. The van der Waals surface area contributed by atoms with Crippen molar-refractivity contribution < 1.29 is 5.11 Å². The van der Waals surface area contributed by atoms with E-state index in [1.54, 1.807) is 11.3 Å². The van der Waals surface area contributed by atoms with Crippen LogP contribution in [0.25, 0.3) is 0 Å². The van der Waals surface area contributed by atoms with Gasteiger partial charge in [-0.2, -0.15) is 0 Å². The Labute approximate surface area is 85.6 Å². The van der Waals surface area contributed by atoms with Crippen LogP contribution >= 0.6 is 27.3 Å². The third-order valence-corrected chi connectivity index (χ3v) is 3.34. The van der Waals surface area contributed by atoms with Gasteiger partial charge in [-0.05, 0) is 40.4 Å². The van der Waals surface area contributed by atoms with Crippen molar-refractivity contribution in [2.24, 2.45) is 5.92 Å². The van der Waals surface area contributed by atoms with Gasteiger partial charge in [-0.1, -0.05) is 13.8 Å². The van der Waals surface area contributed by atoms with Crippen LogP contribution in [0.15, 0.2) is 15.9 Å². The van der Waals surface area contributed by atoms with Crippen molar-refractivity contribution in [1.82, 2.24) is 0 Å². The number of aliphatic hydroxyl groups is 1. The van der Waals surface area contributed by atoms with Crippen LogP contribution in [0.2, 0.25) is 0 Å². The maximum atomic E-state index is 9.69. The van der Waals surface area contributed by atoms with E-state index in [0.29, 0.717) is 5.92 Å². The second-order valence-electron chi connectivity index (χ2n) is 3.29. The van der Waals surface area contributed by atoms with E-state index in [1.807, 2.05) is 12.1 Å². The molecule has 0 saturated carbocycles. The second kappa shape index (κ2) is 4.40. The Morgan fingerprint density at radius 1 is 1.50 bits per heavy atom. The monoisotopic (exact) mass is 248 g/mol. The Hall–Kier alpha value is 0.140. The van der Waals surface area contributed by atoms with E-state index >= 15 is 0 Å². The molecule has 0 spiro atoms. The molecule has 1 aromatic heterocycles. The molecule has 12 heavy (non-hydrogen) atoms. The van der Waals surface area contributed by atoms with Gasteiger partial charge < -0.3 is 5.11 Å². The summed E-state index contributed by atoms with van der Waals surface area (Å²) in [5, 5.41) is 9.69. The lowest BCUT2D eigenvalue weighted by molar-refractivity contribution is 0.154. The average Bonchev–Trinajstić information content (AvgIpc) is 2.34. The van der Waals surface area contributed by atoms with Gasteiger partial charge in [-0.3, -0.25) is 0 Å². The van der Waals surface area contributed by atoms with Crippen molar-refractivity contribution in [3.63, 3.8) is 0 Å². The van der Waals surface area contributed by atoms with Gasteiger partial charge in [-0.25, -0.2) is 0 Å². The molecule has 0 aliphatic heterocycles. The number of thiophene rings is 1. The minimum atomic E-state index is -0.290. The Kier molecular flexibility index (Phi) is 3.75. The van der Waals surface area contributed by atoms with E-state index in [9.17, 15) is 5.11 Å². The second-order valence-corrected chi connectivity index (χ2v) is 5.78. The molecule has 1 heterocycles. The van der Waals surface area contributed by atoms with Crippen LogP contribution in [-0.2, 0) is 0 Å². The lowest BCUT2D eigenvalue weighted by atomic mass is 10.1. The molecule has 1 atom stereocenters. The predicted molar refractivity (Wildman–Crippen MR) is 56.4 cm³/mol. The molecule has 0 aliphatic rings. The molecule has 1 unspecified atom stereocenters. The number of aliphatic hydroxyl groups excluding tert-OH is 1. The quantitative estimate of drug-likeness (QED) is 0.867. The minimum absolute atomic E-state index is 0.290. The van der Waals surface area contributed by atoms with Crippen molar-refractivity contribution >= 4 is 27.3 Å². The molecule has 1 rings (SSSR count). The fourth-order valence-electron chi connectivity index (χ4n) is 1.07. The summed E-state index contributed by atoms with van der Waals surface area (Å²) < 4.78 is 1.08. The zero-order valence-corrected chi connectivity index (χ0v) is 9.65. The molecule has 0 aromatic carbocycles. The first-order valence-electron chi connectivity index (χ1n) is 4.03. The highest BCUT2D eigenvalue weighted by Crippen LogP contribution is 2.30. The minimum Gasteiger partial charge on any atom is -0.388 e. The summed E-state index contributed by atoms with van der Waals surface area (Å²) >= 11 is 4.98. The Morgan fingerprint density at radius 2 is 2.17 bits per heavy atom. The standard InChI is InChI=1S/C9H13BrOS/c1-6(2)5-7(11)8-3-4-9(10)12-8/h3-4,6-7,11H,5H2,1-2H3. The maximum Gasteiger partial charge on any atom is 0.0884 e. The van der Waals surface area contributed by atoms with Crippen LogP contribution < -0.4 is 0 Å². The summed E-state index contributed by atoms with van der Waals surface area (Å²) in [7, 11) is 0. The van der Waals surface area contributed by atoms with E-state index < -0.39 is 0 Å². The summed E-state index contributed by atoms with van der Waals surface area (Å²) in [6.07, 6.45) is 0.550. The van der Waals surface area contributed by atoms with Gasteiger partial charge in [0.25, 0.3) is 0 Å². The van der Waals surface area contributed by atoms with Gasteiger partial charge in [0.15, 0.2) is 0 Å². The zero-order valence-electron chi connectivity index (χ0n) is 7.25. The van der Waals surface area contributed by atoms with Crippen molar-refractivity contribution in [3.05, 3.63) is 20.8 Å². The fraction of sp³-hybridized carbons (Fsp3) is 0.556. The maximum absolute atomic E-state index is 9.69. The highest BCUT2D eigenvalue weighted by atomic mass is 79.9. The van der Waals surface area contributed by atoms with E-state index in [-0.39, 0.29) is 6.10 Å². The van der Waals surface area contributed by atoms with Crippen LogP contribution in [0.4, 0.5) is 0 Å². The molecular weight excluding hydrogens is 236 g/mol. The topological polar surface area (TPSA) is 20.2 Å². The van der Waals surface area contributed by atoms with E-state index in [4.69, 9.17) is 0 Å². The molecule has 1 N–H and O–H groups in total. The summed E-state index contributed by atoms with van der Waals surface area (Å²) in [5.74, 6) is 0.542. The molecule has 0 fully saturated rings. The van der Waals surface area contributed by atoms with Gasteiger partial charge in [0.1, 0.15) is 0 Å². The van der Waals surface area contributed by atoms with Gasteiger partial charge in [0, 0.05) is 4.88 Å². The predicted octanol–water partition coefficient (Wildman–Crippen LogP) is 3.59. The van der Waals surface area contributed by atoms with E-state index in [2.05, 4.69) is 29.8 Å². The van der Waals surface area contributed by atoms with Gasteiger partial charge in [0.05, 0.1) is 9.89 Å². The lowest BCUT2D eigenvalue weighted by Gasteiger charge is -2.10. The molecule has 0 bridgehead atoms. The van der Waals surface area contributed by atoms with Crippen LogP contribution in [-0.4, -0.2) is 5.11 Å². The van der Waals surface area contributed by atoms with Crippen LogP contribution in [0.5, 0.6) is 0 Å². The van der Waals surface area contributed by atoms with Gasteiger partial charge in [-0.15, -0.1) is 11.3 Å². The third-order valence-electron chi connectivity index (χ3n) is 1.62. The van der Waals surface area contributed by atoms with Crippen molar-refractivity contribution in [1.29, 1.82) is 0 Å². The number of halogens is 1.